The Balaban J connectivity index is 1.78. The van der Waals surface area contributed by atoms with E-state index in [4.69, 9.17) is 4.74 Å². The molecule has 2 aliphatic rings. The molecule has 3 rings (SSSR count). The minimum atomic E-state index is -0.790. The van der Waals surface area contributed by atoms with Crippen molar-refractivity contribution in [1.82, 2.24) is 25.3 Å². The maximum Gasteiger partial charge on any atom is 0.258 e. The number of hydrogen-bond donors (Lipinski definition) is 2. The van der Waals surface area contributed by atoms with E-state index in [9.17, 15) is 19.2 Å². The quantitative estimate of drug-likeness (QED) is 0.471. The highest BCUT2D eigenvalue weighted by molar-refractivity contribution is 6.00. The third-order valence-corrected chi connectivity index (χ3v) is 7.66. The van der Waals surface area contributed by atoms with Crippen LogP contribution in [-0.2, 0) is 14.4 Å². The van der Waals surface area contributed by atoms with Crippen LogP contribution >= 0.6 is 0 Å². The Bertz CT molecular complexity index is 1120. The number of benzene rings is 1. The average Bonchev–Trinajstić information content (AvgIpc) is 3.37. The Morgan fingerprint density at radius 3 is 2.24 bits per heavy atom. The predicted octanol–water partition coefficient (Wildman–Crippen LogP) is 2.51. The van der Waals surface area contributed by atoms with Crippen molar-refractivity contribution in [2.75, 3.05) is 46.4 Å². The molecule has 41 heavy (non-hydrogen) atoms. The van der Waals surface area contributed by atoms with E-state index >= 15 is 0 Å². The van der Waals surface area contributed by atoms with E-state index in [0.717, 1.165) is 30.6 Å². The second-order valence-corrected chi connectivity index (χ2v) is 13.0. The molecule has 10 nitrogen and oxygen atoms in total. The van der Waals surface area contributed by atoms with Crippen LogP contribution in [0.3, 0.4) is 0 Å². The third-order valence-electron chi connectivity index (χ3n) is 7.66. The van der Waals surface area contributed by atoms with Gasteiger partial charge in [0.2, 0.25) is 11.8 Å². The summed E-state index contributed by atoms with van der Waals surface area (Å²) in [5.41, 5.74) is 1.67. The number of carbonyl (C=O) groups is 4. The Labute approximate surface area is 245 Å². The summed E-state index contributed by atoms with van der Waals surface area (Å²) < 4.78 is 5.83. The molecule has 4 amide bonds. The zero-order valence-electron chi connectivity index (χ0n) is 26.1. The molecule has 0 saturated carbocycles. The highest BCUT2D eigenvalue weighted by Crippen LogP contribution is 2.26. The van der Waals surface area contributed by atoms with Gasteiger partial charge in [-0.25, -0.2) is 0 Å². The van der Waals surface area contributed by atoms with Crippen LogP contribution in [0.2, 0.25) is 0 Å². The van der Waals surface area contributed by atoms with Gasteiger partial charge >= 0.3 is 0 Å². The SMILES string of the molecule is Cc1cc(OCC(=O)NC(C)(C)C)c(C(=O)N[C@H](CC(C)C)C(=O)N2CCC[C@@H]2C(=O)N2CCN(C)CC2)cc1C. The Hall–Kier alpha value is -3.14. The van der Waals surface area contributed by atoms with Crippen LogP contribution < -0.4 is 15.4 Å². The lowest BCUT2D eigenvalue weighted by Gasteiger charge is -2.36. The molecule has 0 unspecified atom stereocenters. The fourth-order valence-electron chi connectivity index (χ4n) is 5.34. The van der Waals surface area contributed by atoms with E-state index in [-0.39, 0.29) is 41.6 Å². The van der Waals surface area contributed by atoms with Crippen molar-refractivity contribution in [3.05, 3.63) is 28.8 Å². The van der Waals surface area contributed by atoms with Crippen LogP contribution in [0.1, 0.15) is 75.4 Å². The van der Waals surface area contributed by atoms with Gasteiger partial charge < -0.3 is 30.1 Å². The van der Waals surface area contributed by atoms with E-state index in [2.05, 4.69) is 15.5 Å². The summed E-state index contributed by atoms with van der Waals surface area (Å²) in [4.78, 5) is 59.1. The molecule has 0 bridgehead atoms. The zero-order chi connectivity index (χ0) is 30.5. The lowest BCUT2D eigenvalue weighted by Crippen LogP contribution is -2.56. The number of aryl methyl sites for hydroxylation is 2. The Kier molecular flexibility index (Phi) is 10.8. The monoisotopic (exact) mass is 571 g/mol. The zero-order valence-corrected chi connectivity index (χ0v) is 26.1. The molecule has 1 aromatic rings. The van der Waals surface area contributed by atoms with E-state index in [1.165, 1.54) is 0 Å². The van der Waals surface area contributed by atoms with Crippen molar-refractivity contribution in [1.29, 1.82) is 0 Å². The Morgan fingerprint density at radius 2 is 1.63 bits per heavy atom. The molecular weight excluding hydrogens is 522 g/mol. The van der Waals surface area contributed by atoms with Gasteiger partial charge in [0, 0.05) is 38.3 Å². The van der Waals surface area contributed by atoms with Crippen molar-refractivity contribution in [3.63, 3.8) is 0 Å². The minimum Gasteiger partial charge on any atom is -0.483 e. The molecule has 228 valence electrons. The molecule has 0 spiro atoms. The number of carbonyl (C=O) groups excluding carboxylic acids is 4. The largest absolute Gasteiger partial charge is 0.483 e. The van der Waals surface area contributed by atoms with Crippen LogP contribution in [0.4, 0.5) is 0 Å². The number of amides is 4. The number of rotatable bonds is 9. The molecule has 1 aromatic carbocycles. The predicted molar refractivity (Wildman–Crippen MR) is 159 cm³/mol. The van der Waals surface area contributed by atoms with Crippen molar-refractivity contribution < 1.29 is 23.9 Å². The summed E-state index contributed by atoms with van der Waals surface area (Å²) in [7, 11) is 2.04. The Morgan fingerprint density at radius 1 is 1.00 bits per heavy atom. The summed E-state index contributed by atoms with van der Waals surface area (Å²) >= 11 is 0. The summed E-state index contributed by atoms with van der Waals surface area (Å²) in [5.74, 6) is -0.547. The molecule has 2 fully saturated rings. The van der Waals surface area contributed by atoms with Crippen LogP contribution in [0.25, 0.3) is 0 Å². The first kappa shape index (κ1) is 32.4. The summed E-state index contributed by atoms with van der Waals surface area (Å²) in [6, 6.07) is 2.19. The maximum absolute atomic E-state index is 13.9. The van der Waals surface area contributed by atoms with Crippen molar-refractivity contribution in [2.24, 2.45) is 5.92 Å². The van der Waals surface area contributed by atoms with Gasteiger partial charge in [0.1, 0.15) is 17.8 Å². The van der Waals surface area contributed by atoms with Crippen LogP contribution in [0, 0.1) is 19.8 Å². The number of ether oxygens (including phenoxy) is 1. The molecule has 2 aliphatic heterocycles. The van der Waals surface area contributed by atoms with Gasteiger partial charge in [-0.3, -0.25) is 19.2 Å². The second kappa shape index (κ2) is 13.7. The lowest BCUT2D eigenvalue weighted by molar-refractivity contribution is -0.145. The third kappa shape index (κ3) is 8.92. The minimum absolute atomic E-state index is 0.00282. The second-order valence-electron chi connectivity index (χ2n) is 13.0. The van der Waals surface area contributed by atoms with Gasteiger partial charge in [-0.1, -0.05) is 13.8 Å². The smallest absolute Gasteiger partial charge is 0.258 e. The maximum atomic E-state index is 13.9. The molecule has 0 aromatic heterocycles. The first-order chi connectivity index (χ1) is 19.2. The van der Waals surface area contributed by atoms with Gasteiger partial charge in [0.15, 0.2) is 6.61 Å². The average molecular weight is 572 g/mol. The van der Waals surface area contributed by atoms with Crippen LogP contribution in [0.5, 0.6) is 5.75 Å². The normalized spacial score (nSPS) is 18.8. The van der Waals surface area contributed by atoms with E-state index < -0.39 is 23.5 Å². The highest BCUT2D eigenvalue weighted by Gasteiger charge is 2.40. The summed E-state index contributed by atoms with van der Waals surface area (Å²) in [5, 5.41) is 5.81. The highest BCUT2D eigenvalue weighted by atomic mass is 16.5. The van der Waals surface area contributed by atoms with Crippen molar-refractivity contribution in [3.8, 4) is 5.75 Å². The molecular formula is C31H49N5O5. The molecule has 2 saturated heterocycles. The number of hydrogen-bond acceptors (Lipinski definition) is 6. The van der Waals surface area contributed by atoms with E-state index in [0.29, 0.717) is 32.5 Å². The van der Waals surface area contributed by atoms with Crippen LogP contribution in [-0.4, -0.2) is 102 Å². The first-order valence-electron chi connectivity index (χ1n) is 14.8. The van der Waals surface area contributed by atoms with E-state index in [1.807, 2.05) is 60.4 Å². The molecule has 0 radical (unpaired) electrons. The standard InChI is InChI=1S/C31H49N5O5/c1-20(2)16-24(29(39)36-11-9-10-25(36)30(40)35-14-12-34(8)13-15-35)32-28(38)23-17-21(3)22(4)18-26(23)41-19-27(37)33-31(5,6)7/h17-18,20,24-25H,9-16,19H2,1-8H3,(H,32,38)(H,33,37)/t24-,25-/m1/s1. The number of nitrogens with zero attached hydrogens (tertiary/aromatic N) is 3. The number of piperazine rings is 1. The van der Waals surface area contributed by atoms with Gasteiger partial charge in [0.25, 0.3) is 11.8 Å². The van der Waals surface area contributed by atoms with Gasteiger partial charge in [0.05, 0.1) is 5.56 Å². The fraction of sp³-hybridized carbons (Fsp3) is 0.677. The number of nitrogens with one attached hydrogen (secondary N) is 2. The van der Waals surface area contributed by atoms with Crippen LogP contribution in [0.15, 0.2) is 12.1 Å². The number of likely N-dealkylation sites (tertiary alicyclic amines) is 1. The van der Waals surface area contributed by atoms with Gasteiger partial charge in [-0.2, -0.15) is 0 Å². The van der Waals surface area contributed by atoms with E-state index in [1.54, 1.807) is 17.0 Å². The fourth-order valence-corrected chi connectivity index (χ4v) is 5.34. The van der Waals surface area contributed by atoms with Crippen molar-refractivity contribution >= 4 is 23.6 Å². The topological polar surface area (TPSA) is 111 Å². The molecule has 2 heterocycles. The lowest BCUT2D eigenvalue weighted by atomic mass is 10.00. The summed E-state index contributed by atoms with van der Waals surface area (Å²) in [6.07, 6.45) is 1.82. The first-order valence-corrected chi connectivity index (χ1v) is 14.8. The van der Waals surface area contributed by atoms with Crippen molar-refractivity contribution in [2.45, 2.75) is 85.4 Å². The van der Waals surface area contributed by atoms with Gasteiger partial charge in [-0.05, 0) is 90.1 Å². The van der Waals surface area contributed by atoms with Gasteiger partial charge in [-0.15, -0.1) is 0 Å². The summed E-state index contributed by atoms with van der Waals surface area (Å²) in [6.45, 7) is 16.7. The molecule has 10 heteroatoms. The molecule has 0 aliphatic carbocycles. The molecule has 2 atom stereocenters. The number of likely N-dealkylation sites (N-methyl/N-ethyl adjacent to an activating group) is 1. The molecule has 2 N–H and O–H groups in total.